The molecular weight excluding hydrogens is 268 g/mol. The second kappa shape index (κ2) is 8.72. The monoisotopic (exact) mass is 288 g/mol. The summed E-state index contributed by atoms with van der Waals surface area (Å²) in [6, 6.07) is 8.83. The fourth-order valence-corrected chi connectivity index (χ4v) is 1.82. The topological polar surface area (TPSA) is 85.2 Å². The van der Waals surface area contributed by atoms with Gasteiger partial charge in [0.05, 0.1) is 24.3 Å². The molecule has 0 heterocycles. The average Bonchev–Trinajstić information content (AvgIpc) is 2.47. The molecule has 21 heavy (non-hydrogen) atoms. The fourth-order valence-electron chi connectivity index (χ4n) is 1.82. The molecule has 1 aromatic carbocycles. The molecule has 0 unspecified atom stereocenters. The lowest BCUT2D eigenvalue weighted by atomic mass is 10.2. The number of nitriles is 1. The Bertz CT molecular complexity index is 537. The number of para-hydroxylation sites is 1. The highest BCUT2D eigenvalue weighted by Gasteiger charge is 2.13. The van der Waals surface area contributed by atoms with Crippen LogP contribution in [0.1, 0.15) is 19.4 Å². The fraction of sp³-hybridized carbons (Fsp3) is 0.400. The van der Waals surface area contributed by atoms with Crippen LogP contribution in [0, 0.1) is 11.3 Å². The van der Waals surface area contributed by atoms with Crippen LogP contribution in [-0.4, -0.2) is 42.9 Å². The molecule has 0 bridgehead atoms. The van der Waals surface area contributed by atoms with Gasteiger partial charge >= 0.3 is 0 Å². The molecule has 0 fully saturated rings. The van der Waals surface area contributed by atoms with Crippen molar-refractivity contribution in [2.75, 3.05) is 31.5 Å². The van der Waals surface area contributed by atoms with E-state index in [-0.39, 0.29) is 24.9 Å². The van der Waals surface area contributed by atoms with E-state index in [0.717, 1.165) is 0 Å². The maximum absolute atomic E-state index is 12.0. The van der Waals surface area contributed by atoms with E-state index in [9.17, 15) is 9.59 Å². The quantitative estimate of drug-likeness (QED) is 0.782. The Balaban J connectivity index is 2.59. The highest BCUT2D eigenvalue weighted by Crippen LogP contribution is 2.13. The molecule has 0 saturated heterocycles. The van der Waals surface area contributed by atoms with Gasteiger partial charge in [-0.2, -0.15) is 5.26 Å². The summed E-state index contributed by atoms with van der Waals surface area (Å²) in [5.74, 6) is -0.353. The lowest BCUT2D eigenvalue weighted by Gasteiger charge is -2.19. The van der Waals surface area contributed by atoms with Crippen LogP contribution in [0.5, 0.6) is 0 Å². The number of likely N-dealkylation sites (N-methyl/N-ethyl adjacent to an activating group) is 2. The van der Waals surface area contributed by atoms with Gasteiger partial charge in [-0.15, -0.1) is 0 Å². The molecule has 112 valence electrons. The number of anilines is 1. The summed E-state index contributed by atoms with van der Waals surface area (Å²) in [6.07, 6.45) is 0. The number of rotatable bonds is 7. The molecule has 2 amide bonds. The van der Waals surface area contributed by atoms with E-state index in [2.05, 4.69) is 10.6 Å². The highest BCUT2D eigenvalue weighted by atomic mass is 16.2. The molecule has 0 aliphatic carbocycles. The number of benzene rings is 1. The van der Waals surface area contributed by atoms with Crippen molar-refractivity contribution in [3.05, 3.63) is 29.8 Å². The molecule has 0 aliphatic rings. The Morgan fingerprint density at radius 1 is 1.19 bits per heavy atom. The highest BCUT2D eigenvalue weighted by molar-refractivity contribution is 5.93. The van der Waals surface area contributed by atoms with Crippen molar-refractivity contribution >= 4 is 17.5 Å². The lowest BCUT2D eigenvalue weighted by molar-refractivity contribution is -0.123. The molecule has 0 spiro atoms. The zero-order valence-electron chi connectivity index (χ0n) is 12.3. The van der Waals surface area contributed by atoms with Crippen LogP contribution >= 0.6 is 0 Å². The van der Waals surface area contributed by atoms with E-state index in [0.29, 0.717) is 24.3 Å². The van der Waals surface area contributed by atoms with Crippen LogP contribution in [0.25, 0.3) is 0 Å². The maximum Gasteiger partial charge on any atom is 0.238 e. The summed E-state index contributed by atoms with van der Waals surface area (Å²) >= 11 is 0. The number of hydrogen-bond donors (Lipinski definition) is 2. The summed E-state index contributed by atoms with van der Waals surface area (Å²) in [5.41, 5.74) is 0.900. The Morgan fingerprint density at radius 3 is 2.48 bits per heavy atom. The summed E-state index contributed by atoms with van der Waals surface area (Å²) in [7, 11) is 0. The van der Waals surface area contributed by atoms with Gasteiger partial charge in [-0.3, -0.25) is 14.5 Å². The van der Waals surface area contributed by atoms with E-state index in [4.69, 9.17) is 5.26 Å². The molecule has 6 heteroatoms. The zero-order valence-corrected chi connectivity index (χ0v) is 12.3. The van der Waals surface area contributed by atoms with Gasteiger partial charge in [-0.25, -0.2) is 0 Å². The minimum absolute atomic E-state index is 0.105. The number of carbonyl (C=O) groups excluding carboxylic acids is 2. The SMILES string of the molecule is CCNC(=O)CN(CC)CC(=O)Nc1ccccc1C#N. The van der Waals surface area contributed by atoms with Gasteiger partial charge in [0.15, 0.2) is 0 Å². The molecule has 6 nitrogen and oxygen atoms in total. The molecule has 2 N–H and O–H groups in total. The van der Waals surface area contributed by atoms with E-state index >= 15 is 0 Å². The van der Waals surface area contributed by atoms with Crippen LogP contribution in [-0.2, 0) is 9.59 Å². The van der Waals surface area contributed by atoms with Crippen LogP contribution in [0.4, 0.5) is 5.69 Å². The van der Waals surface area contributed by atoms with Gasteiger partial charge in [-0.05, 0) is 25.6 Å². The predicted molar refractivity (Wildman–Crippen MR) is 80.6 cm³/mol. The van der Waals surface area contributed by atoms with Crippen LogP contribution in [0.2, 0.25) is 0 Å². The van der Waals surface area contributed by atoms with Crippen molar-refractivity contribution in [2.24, 2.45) is 0 Å². The van der Waals surface area contributed by atoms with Crippen molar-refractivity contribution in [1.29, 1.82) is 5.26 Å². The third-order valence-corrected chi connectivity index (χ3v) is 2.88. The van der Waals surface area contributed by atoms with Gasteiger partial charge in [0, 0.05) is 6.54 Å². The lowest BCUT2D eigenvalue weighted by Crippen LogP contribution is -2.41. The van der Waals surface area contributed by atoms with Crippen molar-refractivity contribution in [1.82, 2.24) is 10.2 Å². The van der Waals surface area contributed by atoms with Crippen molar-refractivity contribution in [3.8, 4) is 6.07 Å². The van der Waals surface area contributed by atoms with Crippen molar-refractivity contribution < 1.29 is 9.59 Å². The third kappa shape index (κ3) is 5.63. The van der Waals surface area contributed by atoms with Crippen molar-refractivity contribution in [2.45, 2.75) is 13.8 Å². The standard InChI is InChI=1S/C15H20N4O2/c1-3-17-14(20)10-19(4-2)11-15(21)18-13-8-6-5-7-12(13)9-16/h5-8H,3-4,10-11H2,1-2H3,(H,17,20)(H,18,21). The minimum atomic E-state index is -0.246. The Kier molecular flexibility index (Phi) is 6.92. The first-order valence-corrected chi connectivity index (χ1v) is 6.88. The third-order valence-electron chi connectivity index (χ3n) is 2.88. The van der Waals surface area contributed by atoms with Crippen molar-refractivity contribution in [3.63, 3.8) is 0 Å². The summed E-state index contributed by atoms with van der Waals surface area (Å²) < 4.78 is 0. The second-order valence-corrected chi connectivity index (χ2v) is 4.46. The minimum Gasteiger partial charge on any atom is -0.355 e. The Hall–Kier alpha value is -2.39. The molecule has 0 atom stereocenters. The Morgan fingerprint density at radius 2 is 1.86 bits per heavy atom. The first-order valence-electron chi connectivity index (χ1n) is 6.88. The zero-order chi connectivity index (χ0) is 15.7. The largest absolute Gasteiger partial charge is 0.355 e. The number of nitrogens with one attached hydrogen (secondary N) is 2. The molecule has 0 radical (unpaired) electrons. The molecule has 1 aromatic rings. The van der Waals surface area contributed by atoms with E-state index in [1.54, 1.807) is 29.2 Å². The molecular formula is C15H20N4O2. The van der Waals surface area contributed by atoms with Gasteiger partial charge < -0.3 is 10.6 Å². The molecule has 1 rings (SSSR count). The Labute approximate surface area is 124 Å². The normalized spacial score (nSPS) is 10.0. The van der Waals surface area contributed by atoms with Gasteiger partial charge in [0.25, 0.3) is 0 Å². The van der Waals surface area contributed by atoms with Gasteiger partial charge in [0.2, 0.25) is 11.8 Å². The number of amides is 2. The van der Waals surface area contributed by atoms with Crippen LogP contribution in [0.15, 0.2) is 24.3 Å². The average molecular weight is 288 g/mol. The van der Waals surface area contributed by atoms with Crippen LogP contribution in [0.3, 0.4) is 0 Å². The number of carbonyl (C=O) groups is 2. The maximum atomic E-state index is 12.0. The number of nitrogens with zero attached hydrogens (tertiary/aromatic N) is 2. The smallest absolute Gasteiger partial charge is 0.238 e. The molecule has 0 aliphatic heterocycles. The van der Waals surface area contributed by atoms with E-state index in [1.165, 1.54) is 0 Å². The van der Waals surface area contributed by atoms with Crippen LogP contribution < -0.4 is 10.6 Å². The van der Waals surface area contributed by atoms with E-state index in [1.807, 2.05) is 19.9 Å². The molecule has 0 aromatic heterocycles. The summed E-state index contributed by atoms with van der Waals surface area (Å²) in [5, 5.41) is 14.4. The molecule has 0 saturated carbocycles. The van der Waals surface area contributed by atoms with Gasteiger partial charge in [0.1, 0.15) is 6.07 Å². The van der Waals surface area contributed by atoms with E-state index < -0.39 is 0 Å². The summed E-state index contributed by atoms with van der Waals surface area (Å²) in [6.45, 7) is 5.17. The second-order valence-electron chi connectivity index (χ2n) is 4.46. The summed E-state index contributed by atoms with van der Waals surface area (Å²) in [4.78, 5) is 25.3. The first-order chi connectivity index (χ1) is 10.1. The number of hydrogen-bond acceptors (Lipinski definition) is 4. The predicted octanol–water partition coefficient (Wildman–Crippen LogP) is 0.955. The first kappa shape index (κ1) is 16.7. The van der Waals surface area contributed by atoms with Gasteiger partial charge in [-0.1, -0.05) is 19.1 Å².